The zero-order valence-electron chi connectivity index (χ0n) is 13.3. The standard InChI is InChI=1S/C18H17F3O3/c1-3-4-5-6-10-24-17(23)16(13(2)22)12-14-8-7-9-15(11-14)18(19,20)21/h3-9,11-12H,10H2,1-2H3/b4-3+,6-5+,16-12+. The van der Waals surface area contributed by atoms with Gasteiger partial charge in [-0.15, -0.1) is 0 Å². The molecule has 128 valence electrons. The Morgan fingerprint density at radius 2 is 1.92 bits per heavy atom. The maximum atomic E-state index is 12.7. The third-order valence-corrected chi connectivity index (χ3v) is 2.87. The molecule has 1 aromatic carbocycles. The highest BCUT2D eigenvalue weighted by atomic mass is 19.4. The normalized spacial score (nSPS) is 12.8. The Bertz CT molecular complexity index is 683. The van der Waals surface area contributed by atoms with Crippen LogP contribution in [0.4, 0.5) is 13.2 Å². The van der Waals surface area contributed by atoms with E-state index in [1.807, 2.05) is 6.92 Å². The maximum Gasteiger partial charge on any atom is 0.416 e. The van der Waals surface area contributed by atoms with E-state index in [-0.39, 0.29) is 17.7 Å². The summed E-state index contributed by atoms with van der Waals surface area (Å²) in [5.74, 6) is -1.47. The van der Waals surface area contributed by atoms with Crippen LogP contribution in [0.25, 0.3) is 6.08 Å². The summed E-state index contributed by atoms with van der Waals surface area (Å²) in [4.78, 5) is 23.5. The molecule has 1 aromatic rings. The van der Waals surface area contributed by atoms with Crippen molar-refractivity contribution in [1.29, 1.82) is 0 Å². The fraction of sp³-hybridized carbons (Fsp3) is 0.222. The van der Waals surface area contributed by atoms with E-state index < -0.39 is 23.5 Å². The molecular formula is C18H17F3O3. The number of hydrogen-bond acceptors (Lipinski definition) is 3. The molecular weight excluding hydrogens is 321 g/mol. The molecule has 0 aliphatic heterocycles. The van der Waals surface area contributed by atoms with E-state index in [1.54, 1.807) is 24.3 Å². The molecule has 6 heteroatoms. The highest BCUT2D eigenvalue weighted by Gasteiger charge is 2.30. The van der Waals surface area contributed by atoms with Crippen molar-refractivity contribution in [3.63, 3.8) is 0 Å². The second-order valence-electron chi connectivity index (χ2n) is 4.79. The second kappa shape index (κ2) is 8.86. The predicted octanol–water partition coefficient (Wildman–Crippen LogP) is 4.35. The van der Waals surface area contributed by atoms with Crippen LogP contribution in [0.3, 0.4) is 0 Å². The summed E-state index contributed by atoms with van der Waals surface area (Å²) in [6.45, 7) is 2.93. The van der Waals surface area contributed by atoms with Crippen LogP contribution < -0.4 is 0 Å². The molecule has 0 N–H and O–H groups in total. The number of rotatable bonds is 6. The van der Waals surface area contributed by atoms with Crippen molar-refractivity contribution in [2.75, 3.05) is 6.61 Å². The first-order valence-corrected chi connectivity index (χ1v) is 7.10. The Kier molecular flexibility index (Phi) is 7.17. The molecule has 0 heterocycles. The minimum absolute atomic E-state index is 0.0453. The van der Waals surface area contributed by atoms with E-state index >= 15 is 0 Å². The molecule has 3 nitrogen and oxygen atoms in total. The number of allylic oxidation sites excluding steroid dienone is 3. The lowest BCUT2D eigenvalue weighted by Gasteiger charge is -2.08. The molecule has 0 atom stereocenters. The van der Waals surface area contributed by atoms with Gasteiger partial charge >= 0.3 is 12.1 Å². The smallest absolute Gasteiger partial charge is 0.416 e. The Hall–Kier alpha value is -2.63. The number of halogens is 3. The highest BCUT2D eigenvalue weighted by molar-refractivity contribution is 6.19. The number of ether oxygens (including phenoxy) is 1. The minimum Gasteiger partial charge on any atom is -0.458 e. The Morgan fingerprint density at radius 1 is 1.21 bits per heavy atom. The topological polar surface area (TPSA) is 43.4 Å². The summed E-state index contributed by atoms with van der Waals surface area (Å²) in [6.07, 6.45) is 3.34. The first kappa shape index (κ1) is 19.4. The fourth-order valence-electron chi connectivity index (χ4n) is 1.72. The van der Waals surface area contributed by atoms with Crippen molar-refractivity contribution in [3.05, 3.63) is 65.3 Å². The molecule has 0 saturated heterocycles. The van der Waals surface area contributed by atoms with Crippen molar-refractivity contribution in [3.8, 4) is 0 Å². The lowest BCUT2D eigenvalue weighted by atomic mass is 10.1. The van der Waals surface area contributed by atoms with Crippen LogP contribution >= 0.6 is 0 Å². The molecule has 0 amide bonds. The SMILES string of the molecule is C/C=C/C=C/COC(=O)/C(=C/c1cccc(C(F)(F)F)c1)C(C)=O. The average molecular weight is 338 g/mol. The van der Waals surface area contributed by atoms with Gasteiger partial charge in [-0.2, -0.15) is 13.2 Å². The number of esters is 1. The third kappa shape index (κ3) is 6.24. The van der Waals surface area contributed by atoms with Crippen LogP contribution in [0, 0.1) is 0 Å². The van der Waals surface area contributed by atoms with Gasteiger partial charge < -0.3 is 4.74 Å². The quantitative estimate of drug-likeness (QED) is 0.255. The van der Waals surface area contributed by atoms with E-state index in [9.17, 15) is 22.8 Å². The Balaban J connectivity index is 2.97. The minimum atomic E-state index is -4.50. The second-order valence-corrected chi connectivity index (χ2v) is 4.79. The van der Waals surface area contributed by atoms with Gasteiger partial charge in [-0.1, -0.05) is 30.4 Å². The number of carbonyl (C=O) groups excluding carboxylic acids is 2. The van der Waals surface area contributed by atoms with Crippen LogP contribution in [0.15, 0.2) is 54.1 Å². The van der Waals surface area contributed by atoms with Crippen LogP contribution in [0.2, 0.25) is 0 Å². The van der Waals surface area contributed by atoms with Gasteiger partial charge in [-0.25, -0.2) is 4.79 Å². The van der Waals surface area contributed by atoms with E-state index in [1.165, 1.54) is 12.1 Å². The number of ketones is 1. The summed E-state index contributed by atoms with van der Waals surface area (Å²) in [5.41, 5.74) is -1.08. The lowest BCUT2D eigenvalue weighted by molar-refractivity contribution is -0.139. The van der Waals surface area contributed by atoms with E-state index in [4.69, 9.17) is 4.74 Å². The van der Waals surface area contributed by atoms with Gasteiger partial charge in [-0.05, 0) is 43.7 Å². The van der Waals surface area contributed by atoms with Crippen molar-refractivity contribution >= 4 is 17.8 Å². The molecule has 0 spiro atoms. The monoisotopic (exact) mass is 338 g/mol. The number of hydrogen-bond donors (Lipinski definition) is 0. The number of Topliss-reactive ketones (excluding diaryl/α,β-unsaturated/α-hetero) is 1. The van der Waals surface area contributed by atoms with E-state index in [2.05, 4.69) is 0 Å². The largest absolute Gasteiger partial charge is 0.458 e. The van der Waals surface area contributed by atoms with E-state index in [0.717, 1.165) is 25.1 Å². The number of benzene rings is 1. The molecule has 24 heavy (non-hydrogen) atoms. The lowest BCUT2D eigenvalue weighted by Crippen LogP contribution is -2.14. The Morgan fingerprint density at radius 3 is 2.50 bits per heavy atom. The van der Waals surface area contributed by atoms with Gasteiger partial charge in [0.1, 0.15) is 12.2 Å². The van der Waals surface area contributed by atoms with Gasteiger partial charge in [0.2, 0.25) is 0 Å². The molecule has 1 rings (SSSR count). The number of alkyl halides is 3. The van der Waals surface area contributed by atoms with Crippen molar-refractivity contribution in [2.45, 2.75) is 20.0 Å². The molecule has 0 aliphatic rings. The third-order valence-electron chi connectivity index (χ3n) is 2.87. The summed E-state index contributed by atoms with van der Waals surface area (Å²) in [6, 6.07) is 4.35. The number of carbonyl (C=O) groups is 2. The van der Waals surface area contributed by atoms with Gasteiger partial charge in [-0.3, -0.25) is 4.79 Å². The average Bonchev–Trinajstić information content (AvgIpc) is 2.51. The summed E-state index contributed by atoms with van der Waals surface area (Å²) in [5, 5.41) is 0. The molecule has 0 unspecified atom stereocenters. The first-order chi connectivity index (χ1) is 11.3. The molecule has 0 saturated carbocycles. The molecule has 0 radical (unpaired) electrons. The van der Waals surface area contributed by atoms with Crippen LogP contribution in [0.1, 0.15) is 25.0 Å². The van der Waals surface area contributed by atoms with Gasteiger partial charge in [0.15, 0.2) is 5.78 Å². The highest BCUT2D eigenvalue weighted by Crippen LogP contribution is 2.30. The Labute approximate surface area is 138 Å². The van der Waals surface area contributed by atoms with Crippen molar-refractivity contribution in [2.24, 2.45) is 0 Å². The van der Waals surface area contributed by atoms with Crippen LogP contribution in [0.5, 0.6) is 0 Å². The summed E-state index contributed by atoms with van der Waals surface area (Å²) < 4.78 is 43.0. The van der Waals surface area contributed by atoms with Crippen molar-refractivity contribution in [1.82, 2.24) is 0 Å². The van der Waals surface area contributed by atoms with Crippen LogP contribution in [-0.2, 0) is 20.5 Å². The maximum absolute atomic E-state index is 12.7. The zero-order valence-corrected chi connectivity index (χ0v) is 13.3. The van der Waals surface area contributed by atoms with Gasteiger partial charge in [0.25, 0.3) is 0 Å². The molecule has 0 bridgehead atoms. The zero-order chi connectivity index (χ0) is 18.2. The van der Waals surface area contributed by atoms with E-state index in [0.29, 0.717) is 0 Å². The van der Waals surface area contributed by atoms with Crippen molar-refractivity contribution < 1.29 is 27.5 Å². The molecule has 0 aromatic heterocycles. The fourth-order valence-corrected chi connectivity index (χ4v) is 1.72. The molecule has 0 fully saturated rings. The summed E-state index contributed by atoms with van der Waals surface area (Å²) in [7, 11) is 0. The summed E-state index contributed by atoms with van der Waals surface area (Å²) >= 11 is 0. The molecule has 0 aliphatic carbocycles. The predicted molar refractivity (Wildman–Crippen MR) is 85.0 cm³/mol. The van der Waals surface area contributed by atoms with Crippen LogP contribution in [-0.4, -0.2) is 18.4 Å². The van der Waals surface area contributed by atoms with Gasteiger partial charge in [0, 0.05) is 0 Å². The van der Waals surface area contributed by atoms with Gasteiger partial charge in [0.05, 0.1) is 5.56 Å². The first-order valence-electron chi connectivity index (χ1n) is 7.10.